The summed E-state index contributed by atoms with van der Waals surface area (Å²) in [7, 11) is 1.65. The van der Waals surface area contributed by atoms with E-state index in [2.05, 4.69) is 26.2 Å². The topological polar surface area (TPSA) is 24.9 Å². The fourth-order valence-corrected chi connectivity index (χ4v) is 1.84. The molecule has 1 aromatic carbocycles. The summed E-state index contributed by atoms with van der Waals surface area (Å²) in [5.74, 6) is -1.06. The second kappa shape index (κ2) is 3.73. The van der Waals surface area contributed by atoms with Crippen LogP contribution in [0.2, 0.25) is 0 Å². The monoisotopic (exact) mass is 272 g/mol. The normalized spacial score (nSPS) is 10.7. The lowest BCUT2D eigenvalue weighted by atomic mass is 10.1. The zero-order valence-electron chi connectivity index (χ0n) is 7.81. The van der Waals surface area contributed by atoms with E-state index in [4.69, 9.17) is 0 Å². The highest BCUT2D eigenvalue weighted by Gasteiger charge is 2.14. The number of aromatic nitrogens is 1. The molecule has 0 saturated heterocycles. The number of nitrogens with zero attached hydrogens (tertiary/aromatic N) is 1. The van der Waals surface area contributed by atoms with Crippen molar-refractivity contribution in [1.82, 2.24) is 4.98 Å². The molecule has 2 nitrogen and oxygen atoms in total. The Hall–Kier alpha value is -1.23. The van der Waals surface area contributed by atoms with Crippen molar-refractivity contribution in [3.05, 3.63) is 34.4 Å². The van der Waals surface area contributed by atoms with Crippen molar-refractivity contribution < 1.29 is 8.78 Å². The van der Waals surface area contributed by atoms with E-state index in [9.17, 15) is 8.78 Å². The van der Waals surface area contributed by atoms with Gasteiger partial charge in [-0.3, -0.25) is 4.98 Å². The Labute approximate surface area is 93.4 Å². The van der Waals surface area contributed by atoms with Gasteiger partial charge in [-0.1, -0.05) is 0 Å². The molecule has 78 valence electrons. The summed E-state index contributed by atoms with van der Waals surface area (Å²) in [6, 6.07) is 2.67. The van der Waals surface area contributed by atoms with Gasteiger partial charge in [-0.15, -0.1) is 0 Å². The molecule has 0 aliphatic rings. The van der Waals surface area contributed by atoms with E-state index in [1.807, 2.05) is 0 Å². The van der Waals surface area contributed by atoms with Crippen molar-refractivity contribution in [3.8, 4) is 0 Å². The standard InChI is InChI=1S/C10H7BrF2N2/c1-14-7-2-3-15-10-6(12)4-5(11)9(13)8(7)10/h2-4H,1H3,(H,14,15). The molecule has 1 N–H and O–H groups in total. The SMILES string of the molecule is CNc1ccnc2c(F)cc(Br)c(F)c12. The second-order valence-electron chi connectivity index (χ2n) is 2.99. The van der Waals surface area contributed by atoms with Crippen LogP contribution in [0.4, 0.5) is 14.5 Å². The van der Waals surface area contributed by atoms with Crippen LogP contribution in [0.15, 0.2) is 22.8 Å². The molecule has 2 aromatic rings. The number of halogens is 3. The van der Waals surface area contributed by atoms with E-state index in [-0.39, 0.29) is 15.4 Å². The van der Waals surface area contributed by atoms with Crippen molar-refractivity contribution in [2.45, 2.75) is 0 Å². The predicted molar refractivity (Wildman–Crippen MR) is 58.9 cm³/mol. The molecule has 0 radical (unpaired) electrons. The average molecular weight is 273 g/mol. The molecule has 0 aliphatic heterocycles. The Balaban J connectivity index is 2.96. The molecule has 0 aliphatic carbocycles. The first-order chi connectivity index (χ1) is 7.15. The third kappa shape index (κ3) is 1.56. The first kappa shape index (κ1) is 10.3. The molecule has 15 heavy (non-hydrogen) atoms. The van der Waals surface area contributed by atoms with Gasteiger partial charge >= 0.3 is 0 Å². The van der Waals surface area contributed by atoms with Crippen molar-refractivity contribution in [2.24, 2.45) is 0 Å². The van der Waals surface area contributed by atoms with Crippen LogP contribution in [0, 0.1) is 11.6 Å². The van der Waals surface area contributed by atoms with Crippen molar-refractivity contribution in [2.75, 3.05) is 12.4 Å². The summed E-state index contributed by atoms with van der Waals surface area (Å²) in [5, 5.41) is 2.96. The minimum Gasteiger partial charge on any atom is -0.387 e. The first-order valence-electron chi connectivity index (χ1n) is 4.25. The first-order valence-corrected chi connectivity index (χ1v) is 5.04. The number of hydrogen-bond donors (Lipinski definition) is 1. The summed E-state index contributed by atoms with van der Waals surface area (Å²) >= 11 is 2.96. The van der Waals surface area contributed by atoms with Gasteiger partial charge in [0.05, 0.1) is 9.86 Å². The van der Waals surface area contributed by atoms with Crippen LogP contribution >= 0.6 is 15.9 Å². The van der Waals surface area contributed by atoms with E-state index in [0.29, 0.717) is 5.69 Å². The Morgan fingerprint density at radius 2 is 2.13 bits per heavy atom. The zero-order valence-corrected chi connectivity index (χ0v) is 9.40. The van der Waals surface area contributed by atoms with Crippen LogP contribution in [0.1, 0.15) is 0 Å². The Morgan fingerprint density at radius 1 is 1.40 bits per heavy atom. The fraction of sp³-hybridized carbons (Fsp3) is 0.100. The van der Waals surface area contributed by atoms with Crippen LogP contribution < -0.4 is 5.32 Å². The summed E-state index contributed by atoms with van der Waals surface area (Å²) in [4.78, 5) is 3.82. The average Bonchev–Trinajstić information content (AvgIpc) is 2.25. The lowest BCUT2D eigenvalue weighted by Crippen LogP contribution is -1.96. The highest BCUT2D eigenvalue weighted by atomic mass is 79.9. The number of rotatable bonds is 1. The fourth-order valence-electron chi connectivity index (χ4n) is 1.44. The summed E-state index contributed by atoms with van der Waals surface area (Å²) in [5.41, 5.74) is 0.542. The zero-order chi connectivity index (χ0) is 11.0. The molecule has 0 unspecified atom stereocenters. The van der Waals surface area contributed by atoms with Crippen LogP contribution in [-0.2, 0) is 0 Å². The minimum atomic E-state index is -0.546. The third-order valence-corrected chi connectivity index (χ3v) is 2.71. The number of fused-ring (bicyclic) bond motifs is 1. The highest BCUT2D eigenvalue weighted by molar-refractivity contribution is 9.10. The maximum Gasteiger partial charge on any atom is 0.150 e. The summed E-state index contributed by atoms with van der Waals surface area (Å²) in [6.07, 6.45) is 1.44. The number of anilines is 1. The molecule has 0 bridgehead atoms. The quantitative estimate of drug-likeness (QED) is 0.806. The molecular weight excluding hydrogens is 266 g/mol. The van der Waals surface area contributed by atoms with Gasteiger partial charge in [0, 0.05) is 18.9 Å². The van der Waals surface area contributed by atoms with Gasteiger partial charge in [-0.25, -0.2) is 8.78 Å². The van der Waals surface area contributed by atoms with Crippen LogP contribution in [-0.4, -0.2) is 12.0 Å². The van der Waals surface area contributed by atoms with E-state index < -0.39 is 11.6 Å². The maximum atomic E-state index is 13.7. The Morgan fingerprint density at radius 3 is 2.80 bits per heavy atom. The number of hydrogen-bond acceptors (Lipinski definition) is 2. The summed E-state index contributed by atoms with van der Waals surface area (Å²) < 4.78 is 27.3. The maximum absolute atomic E-state index is 13.7. The molecule has 0 atom stereocenters. The van der Waals surface area contributed by atoms with Gasteiger partial charge in [0.1, 0.15) is 11.3 Å². The predicted octanol–water partition coefficient (Wildman–Crippen LogP) is 3.32. The minimum absolute atomic E-state index is 0.0301. The van der Waals surface area contributed by atoms with E-state index in [1.54, 1.807) is 13.1 Å². The van der Waals surface area contributed by atoms with E-state index in [1.165, 1.54) is 6.20 Å². The van der Waals surface area contributed by atoms with Crippen LogP contribution in [0.5, 0.6) is 0 Å². The molecule has 1 aromatic heterocycles. The third-order valence-electron chi connectivity index (χ3n) is 2.13. The van der Waals surface area contributed by atoms with Crippen molar-refractivity contribution in [1.29, 1.82) is 0 Å². The molecule has 0 saturated carbocycles. The van der Waals surface area contributed by atoms with Crippen LogP contribution in [0.25, 0.3) is 10.9 Å². The smallest absolute Gasteiger partial charge is 0.150 e. The van der Waals surface area contributed by atoms with E-state index in [0.717, 1.165) is 6.07 Å². The molecule has 2 rings (SSSR count). The Kier molecular flexibility index (Phi) is 2.56. The highest BCUT2D eigenvalue weighted by Crippen LogP contribution is 2.31. The molecular formula is C10H7BrF2N2. The lowest BCUT2D eigenvalue weighted by molar-refractivity contribution is 0.610. The molecule has 0 spiro atoms. The lowest BCUT2D eigenvalue weighted by Gasteiger charge is -2.07. The second-order valence-corrected chi connectivity index (χ2v) is 3.84. The van der Waals surface area contributed by atoms with Crippen molar-refractivity contribution in [3.63, 3.8) is 0 Å². The Bertz CT molecular complexity index is 528. The van der Waals surface area contributed by atoms with Crippen molar-refractivity contribution >= 4 is 32.5 Å². The molecule has 0 fully saturated rings. The van der Waals surface area contributed by atoms with Gasteiger partial charge < -0.3 is 5.32 Å². The molecule has 0 amide bonds. The van der Waals surface area contributed by atoms with Gasteiger partial charge in [-0.2, -0.15) is 0 Å². The largest absolute Gasteiger partial charge is 0.387 e. The molecule has 1 heterocycles. The number of benzene rings is 1. The summed E-state index contributed by atoms with van der Waals surface area (Å²) in [6.45, 7) is 0. The van der Waals surface area contributed by atoms with Gasteiger partial charge in [-0.05, 0) is 28.1 Å². The van der Waals surface area contributed by atoms with Gasteiger partial charge in [0.15, 0.2) is 5.82 Å². The van der Waals surface area contributed by atoms with Gasteiger partial charge in [0.25, 0.3) is 0 Å². The number of nitrogens with one attached hydrogen (secondary N) is 1. The van der Waals surface area contributed by atoms with Gasteiger partial charge in [0.2, 0.25) is 0 Å². The van der Waals surface area contributed by atoms with Crippen LogP contribution in [0.3, 0.4) is 0 Å². The molecule has 5 heteroatoms. The number of pyridine rings is 1. The van der Waals surface area contributed by atoms with E-state index >= 15 is 0 Å².